The Labute approximate surface area is 295 Å². The summed E-state index contributed by atoms with van der Waals surface area (Å²) in [7, 11) is -5.71. The summed E-state index contributed by atoms with van der Waals surface area (Å²) in [6, 6.07) is 27.1. The number of fused-ring (bicyclic) bond motifs is 2. The fraction of sp³-hybridized carbons (Fsp3) is 0.422. The first-order valence-corrected chi connectivity index (χ1v) is 19.9. The van der Waals surface area contributed by atoms with Crippen LogP contribution in [0.5, 0.6) is 0 Å². The average molecular weight is 679 g/mol. The third-order valence-corrected chi connectivity index (χ3v) is 12.7. The molecular weight excluding hydrogens is 619 g/mol. The van der Waals surface area contributed by atoms with E-state index in [1.165, 1.54) is 22.1 Å². The first kappa shape index (κ1) is 37.2. The van der Waals surface area contributed by atoms with Crippen LogP contribution in [0.2, 0.25) is 0 Å². The van der Waals surface area contributed by atoms with Crippen molar-refractivity contribution in [1.29, 1.82) is 0 Å². The van der Waals surface area contributed by atoms with Gasteiger partial charge in [0.15, 0.2) is 0 Å². The summed E-state index contributed by atoms with van der Waals surface area (Å²) in [6.45, 7) is 30.3. The van der Waals surface area contributed by atoms with Crippen molar-refractivity contribution in [3.63, 3.8) is 0 Å². The van der Waals surface area contributed by atoms with Gasteiger partial charge in [-0.2, -0.15) is 0 Å². The molecular formula is C45H59O3P. The molecule has 0 heterocycles. The number of benzene rings is 5. The van der Waals surface area contributed by atoms with Crippen LogP contribution in [0.1, 0.15) is 131 Å². The number of hydrogen-bond donors (Lipinski definition) is 3. The topological polar surface area (TPSA) is 60.7 Å². The minimum atomic E-state index is -5.71. The van der Waals surface area contributed by atoms with E-state index in [4.69, 9.17) is 0 Å². The summed E-state index contributed by atoms with van der Waals surface area (Å²) in [5, 5.41) is 4.62. The van der Waals surface area contributed by atoms with Crippen LogP contribution in [0.25, 0.3) is 32.7 Å². The zero-order valence-corrected chi connectivity index (χ0v) is 33.3. The van der Waals surface area contributed by atoms with E-state index in [1.807, 2.05) is 18.2 Å². The van der Waals surface area contributed by atoms with Gasteiger partial charge in [0.25, 0.3) is 0 Å². The summed E-state index contributed by atoms with van der Waals surface area (Å²) in [5.41, 5.74) is 6.44. The van der Waals surface area contributed by atoms with Gasteiger partial charge >= 0.3 is 296 Å². The van der Waals surface area contributed by atoms with Crippen molar-refractivity contribution in [2.75, 3.05) is 0 Å². The fourth-order valence-corrected chi connectivity index (χ4v) is 9.85. The molecule has 49 heavy (non-hydrogen) atoms. The molecule has 0 atom stereocenters. The molecule has 0 aliphatic heterocycles. The van der Waals surface area contributed by atoms with E-state index in [2.05, 4.69) is 152 Å². The molecule has 0 saturated heterocycles. The van der Waals surface area contributed by atoms with Gasteiger partial charge in [-0.25, -0.2) is 0 Å². The first-order chi connectivity index (χ1) is 22.2. The van der Waals surface area contributed by atoms with Crippen molar-refractivity contribution < 1.29 is 14.7 Å². The second kappa shape index (κ2) is 11.7. The molecule has 0 aliphatic carbocycles. The monoisotopic (exact) mass is 678 g/mol. The van der Waals surface area contributed by atoms with Crippen LogP contribution >= 0.6 is 7.28 Å². The Morgan fingerprint density at radius 1 is 0.449 bits per heavy atom. The van der Waals surface area contributed by atoms with E-state index >= 15 is 0 Å². The quantitative estimate of drug-likeness (QED) is 0.166. The minimum absolute atomic E-state index is 0.0306. The standard InChI is InChI=1S/C45H59O3P/c1-28(2)41-35(36-24-29-18-20-33(42(3,4)5)22-31(29)25-37(36)44(9,10)11)16-15-17-39(41)49(46,47,48)40-27-30-19-21-34(43(6,7)8)23-32(30)26-38(40)45(12,13)14/h15-28,46-48H,1-14H3. The van der Waals surface area contributed by atoms with E-state index in [0.717, 1.165) is 38.4 Å². The van der Waals surface area contributed by atoms with Gasteiger partial charge < -0.3 is 0 Å². The van der Waals surface area contributed by atoms with E-state index in [0.29, 0.717) is 0 Å². The maximum absolute atomic E-state index is 12.7. The van der Waals surface area contributed by atoms with Gasteiger partial charge in [-0.1, -0.05) is 0 Å². The van der Waals surface area contributed by atoms with E-state index < -0.39 is 12.7 Å². The predicted molar refractivity (Wildman–Crippen MR) is 215 cm³/mol. The van der Waals surface area contributed by atoms with E-state index in [-0.39, 0.29) is 32.8 Å². The third kappa shape index (κ3) is 6.98. The van der Waals surface area contributed by atoms with Crippen LogP contribution in [0.4, 0.5) is 0 Å². The summed E-state index contributed by atoms with van der Waals surface area (Å²) in [6.07, 6.45) is 0. The molecule has 0 unspecified atom stereocenters. The molecule has 5 aromatic carbocycles. The summed E-state index contributed by atoms with van der Waals surface area (Å²) in [4.78, 5) is 38.0. The van der Waals surface area contributed by atoms with Crippen molar-refractivity contribution in [3.8, 4) is 11.1 Å². The third-order valence-electron chi connectivity index (χ3n) is 10.1. The fourth-order valence-electron chi connectivity index (χ4n) is 7.18. The van der Waals surface area contributed by atoms with Crippen LogP contribution in [-0.2, 0) is 21.7 Å². The number of hydrogen-bond acceptors (Lipinski definition) is 3. The molecule has 0 amide bonds. The molecule has 0 aromatic heterocycles. The van der Waals surface area contributed by atoms with Crippen LogP contribution in [0, 0.1) is 0 Å². The summed E-state index contributed by atoms with van der Waals surface area (Å²) in [5.74, 6) is -0.112. The molecule has 262 valence electrons. The van der Waals surface area contributed by atoms with Gasteiger partial charge in [0.2, 0.25) is 0 Å². The Balaban J connectivity index is 1.84. The van der Waals surface area contributed by atoms with Gasteiger partial charge in [0, 0.05) is 0 Å². The Hall–Kier alpha value is -3.07. The van der Waals surface area contributed by atoms with Gasteiger partial charge in [0.1, 0.15) is 0 Å². The van der Waals surface area contributed by atoms with Crippen molar-refractivity contribution in [2.45, 2.75) is 125 Å². The summed E-state index contributed by atoms with van der Waals surface area (Å²) >= 11 is 0. The van der Waals surface area contributed by atoms with E-state index in [9.17, 15) is 14.7 Å². The zero-order chi connectivity index (χ0) is 36.7. The molecule has 0 saturated carbocycles. The molecule has 5 rings (SSSR count). The second-order valence-electron chi connectivity index (χ2n) is 18.8. The molecule has 0 fully saturated rings. The Morgan fingerprint density at radius 3 is 1.37 bits per heavy atom. The Bertz CT molecular complexity index is 2060. The predicted octanol–water partition coefficient (Wildman–Crippen LogP) is 11.2. The molecule has 5 aromatic rings. The van der Waals surface area contributed by atoms with Gasteiger partial charge in [0.05, 0.1) is 0 Å². The molecule has 0 aliphatic rings. The first-order valence-electron chi connectivity index (χ1n) is 17.8. The van der Waals surface area contributed by atoms with Gasteiger partial charge in [-0.15, -0.1) is 0 Å². The maximum atomic E-state index is 12.7. The van der Waals surface area contributed by atoms with E-state index in [1.54, 1.807) is 6.07 Å². The average Bonchev–Trinajstić information content (AvgIpc) is 2.96. The van der Waals surface area contributed by atoms with Crippen molar-refractivity contribution in [1.82, 2.24) is 0 Å². The van der Waals surface area contributed by atoms with Crippen molar-refractivity contribution in [2.24, 2.45) is 0 Å². The molecule has 0 radical (unpaired) electrons. The van der Waals surface area contributed by atoms with Gasteiger partial charge in [-0.05, 0) is 0 Å². The Kier molecular flexibility index (Phi) is 8.91. The SMILES string of the molecule is CC(C)c1c(-c2cc3ccc(C(C)(C)C)cc3cc2C(C)(C)C)cccc1P(O)(O)(O)c1cc2ccc(C(C)(C)C)cc2cc1C(C)(C)C. The van der Waals surface area contributed by atoms with Gasteiger partial charge in [-0.3, -0.25) is 0 Å². The Morgan fingerprint density at radius 2 is 0.918 bits per heavy atom. The summed E-state index contributed by atoms with van der Waals surface area (Å²) < 4.78 is 0. The van der Waals surface area contributed by atoms with Crippen molar-refractivity contribution >= 4 is 39.4 Å². The molecule has 3 N–H and O–H groups in total. The van der Waals surface area contributed by atoms with Crippen LogP contribution in [-0.4, -0.2) is 14.7 Å². The number of rotatable bonds is 4. The zero-order valence-electron chi connectivity index (χ0n) is 32.4. The second-order valence-corrected chi connectivity index (χ2v) is 21.7. The normalized spacial score (nSPS) is 14.4. The van der Waals surface area contributed by atoms with Crippen LogP contribution in [0.15, 0.2) is 78.9 Å². The molecule has 3 nitrogen and oxygen atoms in total. The molecule has 0 spiro atoms. The molecule has 4 heteroatoms. The molecule has 0 bridgehead atoms. The van der Waals surface area contributed by atoms with Crippen LogP contribution < -0.4 is 10.6 Å². The van der Waals surface area contributed by atoms with Crippen molar-refractivity contribution in [3.05, 3.63) is 107 Å². The van der Waals surface area contributed by atoms with Crippen LogP contribution in [0.3, 0.4) is 0 Å².